The normalized spacial score (nSPS) is 14.7. The molecule has 1 aliphatic rings. The monoisotopic (exact) mass is 398 g/mol. The predicted molar refractivity (Wildman–Crippen MR) is 109 cm³/mol. The van der Waals surface area contributed by atoms with E-state index < -0.39 is 0 Å². The third-order valence-corrected chi connectivity index (χ3v) is 5.64. The van der Waals surface area contributed by atoms with Crippen LogP contribution in [0.4, 0.5) is 5.69 Å². The maximum absolute atomic E-state index is 12.6. The first kappa shape index (κ1) is 18.1. The maximum atomic E-state index is 12.6. The van der Waals surface area contributed by atoms with Gasteiger partial charge in [-0.1, -0.05) is 47.6 Å². The minimum absolute atomic E-state index is 0.0992. The molecule has 1 aliphatic carbocycles. The van der Waals surface area contributed by atoms with Crippen LogP contribution in [0.15, 0.2) is 59.8 Å². The van der Waals surface area contributed by atoms with Crippen molar-refractivity contribution in [3.8, 4) is 5.69 Å². The third-order valence-electron chi connectivity index (χ3n) is 4.36. The SMILES string of the molecule is C[C@@H](Sc1nnc(C2CC2)n1-c1ccccc1)C(=O)Nc1cccc(Cl)c1. The Labute approximate surface area is 167 Å². The van der Waals surface area contributed by atoms with Crippen molar-refractivity contribution in [3.05, 3.63) is 65.4 Å². The number of anilines is 1. The van der Waals surface area contributed by atoms with Crippen LogP contribution in [-0.4, -0.2) is 25.9 Å². The predicted octanol–water partition coefficient (Wildman–Crippen LogP) is 4.92. The lowest BCUT2D eigenvalue weighted by molar-refractivity contribution is -0.115. The summed E-state index contributed by atoms with van der Waals surface area (Å²) in [5.41, 5.74) is 1.71. The summed E-state index contributed by atoms with van der Waals surface area (Å²) in [5, 5.41) is 12.7. The molecule has 0 aliphatic heterocycles. The molecular weight excluding hydrogens is 380 g/mol. The van der Waals surface area contributed by atoms with Gasteiger partial charge in [0.2, 0.25) is 5.91 Å². The number of thioether (sulfide) groups is 1. The van der Waals surface area contributed by atoms with E-state index in [1.807, 2.05) is 49.4 Å². The molecule has 1 heterocycles. The highest BCUT2D eigenvalue weighted by molar-refractivity contribution is 8.00. The highest BCUT2D eigenvalue weighted by atomic mass is 35.5. The summed E-state index contributed by atoms with van der Waals surface area (Å²) in [7, 11) is 0. The number of halogens is 1. The Hall–Kier alpha value is -2.31. The van der Waals surface area contributed by atoms with Crippen molar-refractivity contribution in [1.29, 1.82) is 0 Å². The first-order valence-electron chi connectivity index (χ1n) is 8.85. The molecule has 1 aromatic heterocycles. The summed E-state index contributed by atoms with van der Waals surface area (Å²) in [4.78, 5) is 12.6. The Morgan fingerprint density at radius 3 is 2.67 bits per heavy atom. The number of para-hydroxylation sites is 1. The van der Waals surface area contributed by atoms with Gasteiger partial charge in [-0.15, -0.1) is 10.2 Å². The zero-order chi connectivity index (χ0) is 18.8. The number of aromatic nitrogens is 3. The van der Waals surface area contributed by atoms with Crippen molar-refractivity contribution < 1.29 is 4.79 Å². The zero-order valence-electron chi connectivity index (χ0n) is 14.8. The number of benzene rings is 2. The van der Waals surface area contributed by atoms with E-state index in [0.717, 1.165) is 29.5 Å². The molecule has 7 heteroatoms. The smallest absolute Gasteiger partial charge is 0.237 e. The van der Waals surface area contributed by atoms with E-state index in [2.05, 4.69) is 20.1 Å². The van der Waals surface area contributed by atoms with Gasteiger partial charge in [0.1, 0.15) is 5.82 Å². The minimum atomic E-state index is -0.331. The van der Waals surface area contributed by atoms with Crippen LogP contribution in [0.5, 0.6) is 0 Å². The standard InChI is InChI=1S/C20H19ClN4OS/c1-13(19(26)22-16-7-5-6-15(21)12-16)27-20-24-23-18(14-10-11-14)25(20)17-8-3-2-4-9-17/h2-9,12-14H,10-11H2,1H3,(H,22,26)/t13-/m1/s1. The molecule has 138 valence electrons. The molecule has 1 atom stereocenters. The number of hydrogen-bond acceptors (Lipinski definition) is 4. The molecule has 4 rings (SSSR count). The summed E-state index contributed by atoms with van der Waals surface area (Å²) in [6.45, 7) is 1.87. The van der Waals surface area contributed by atoms with Gasteiger partial charge < -0.3 is 5.32 Å². The Balaban J connectivity index is 1.54. The number of carbonyl (C=O) groups is 1. The highest BCUT2D eigenvalue weighted by Crippen LogP contribution is 2.41. The zero-order valence-corrected chi connectivity index (χ0v) is 16.4. The van der Waals surface area contributed by atoms with Gasteiger partial charge >= 0.3 is 0 Å². The minimum Gasteiger partial charge on any atom is -0.325 e. The fourth-order valence-corrected chi connectivity index (χ4v) is 3.87. The fourth-order valence-electron chi connectivity index (χ4n) is 2.81. The molecule has 2 aromatic carbocycles. The summed E-state index contributed by atoms with van der Waals surface area (Å²) in [6.07, 6.45) is 2.28. The van der Waals surface area contributed by atoms with E-state index in [-0.39, 0.29) is 11.2 Å². The number of amides is 1. The number of nitrogens with one attached hydrogen (secondary N) is 1. The quantitative estimate of drug-likeness (QED) is 0.599. The lowest BCUT2D eigenvalue weighted by Crippen LogP contribution is -2.22. The molecule has 0 saturated heterocycles. The largest absolute Gasteiger partial charge is 0.325 e. The Morgan fingerprint density at radius 1 is 1.19 bits per heavy atom. The first-order chi connectivity index (χ1) is 13.1. The van der Waals surface area contributed by atoms with Gasteiger partial charge in [0, 0.05) is 22.3 Å². The third kappa shape index (κ3) is 4.17. The molecule has 0 spiro atoms. The van der Waals surface area contributed by atoms with Crippen LogP contribution in [0.25, 0.3) is 5.69 Å². The van der Waals surface area contributed by atoms with Crippen LogP contribution < -0.4 is 5.32 Å². The number of nitrogens with zero attached hydrogens (tertiary/aromatic N) is 3. The topological polar surface area (TPSA) is 59.8 Å². The molecule has 3 aromatic rings. The summed E-state index contributed by atoms with van der Waals surface area (Å²) in [6, 6.07) is 17.2. The van der Waals surface area contributed by atoms with Gasteiger partial charge in [0.25, 0.3) is 0 Å². The van der Waals surface area contributed by atoms with E-state index in [9.17, 15) is 4.79 Å². The average Bonchev–Trinajstić information content (AvgIpc) is 3.43. The molecule has 1 saturated carbocycles. The lowest BCUT2D eigenvalue weighted by atomic mass is 10.3. The Kier molecular flexibility index (Phi) is 5.18. The van der Waals surface area contributed by atoms with Crippen molar-refractivity contribution in [1.82, 2.24) is 14.8 Å². The Morgan fingerprint density at radius 2 is 1.96 bits per heavy atom. The van der Waals surface area contributed by atoms with Crippen LogP contribution in [0.3, 0.4) is 0 Å². The Bertz CT molecular complexity index is 956. The molecule has 0 unspecified atom stereocenters. The van der Waals surface area contributed by atoms with Crippen molar-refractivity contribution >= 4 is 35.0 Å². The van der Waals surface area contributed by atoms with Gasteiger partial charge in [0.15, 0.2) is 5.16 Å². The fraction of sp³-hybridized carbons (Fsp3) is 0.250. The van der Waals surface area contributed by atoms with Crippen LogP contribution in [0, 0.1) is 0 Å². The number of carbonyl (C=O) groups excluding carboxylic acids is 1. The van der Waals surface area contributed by atoms with E-state index >= 15 is 0 Å². The van der Waals surface area contributed by atoms with Crippen molar-refractivity contribution in [2.75, 3.05) is 5.32 Å². The summed E-state index contributed by atoms with van der Waals surface area (Å²) in [5.74, 6) is 1.34. The van der Waals surface area contributed by atoms with Crippen LogP contribution in [0.1, 0.15) is 31.5 Å². The molecule has 5 nitrogen and oxygen atoms in total. The van der Waals surface area contributed by atoms with Crippen molar-refractivity contribution in [2.24, 2.45) is 0 Å². The first-order valence-corrected chi connectivity index (χ1v) is 10.1. The molecule has 0 radical (unpaired) electrons. The van der Waals surface area contributed by atoms with E-state index in [0.29, 0.717) is 16.6 Å². The number of hydrogen-bond donors (Lipinski definition) is 1. The molecular formula is C20H19ClN4OS. The maximum Gasteiger partial charge on any atom is 0.237 e. The van der Waals surface area contributed by atoms with Gasteiger partial charge in [-0.25, -0.2) is 0 Å². The van der Waals surface area contributed by atoms with Crippen molar-refractivity contribution in [2.45, 2.75) is 36.1 Å². The highest BCUT2D eigenvalue weighted by Gasteiger charge is 2.31. The molecule has 1 N–H and O–H groups in total. The van der Waals surface area contributed by atoms with Gasteiger partial charge in [-0.3, -0.25) is 9.36 Å². The molecule has 0 bridgehead atoms. The summed E-state index contributed by atoms with van der Waals surface area (Å²) >= 11 is 7.39. The van der Waals surface area contributed by atoms with Crippen LogP contribution >= 0.6 is 23.4 Å². The van der Waals surface area contributed by atoms with E-state index in [1.165, 1.54) is 11.8 Å². The van der Waals surface area contributed by atoms with Gasteiger partial charge in [0.05, 0.1) is 5.25 Å². The van der Waals surface area contributed by atoms with E-state index in [4.69, 9.17) is 11.6 Å². The van der Waals surface area contributed by atoms with Gasteiger partial charge in [-0.05, 0) is 50.1 Å². The second kappa shape index (κ2) is 7.74. The second-order valence-corrected chi connectivity index (χ2v) is 8.29. The molecule has 1 fully saturated rings. The van der Waals surface area contributed by atoms with Crippen molar-refractivity contribution in [3.63, 3.8) is 0 Å². The molecule has 27 heavy (non-hydrogen) atoms. The van der Waals surface area contributed by atoms with E-state index in [1.54, 1.807) is 12.1 Å². The van der Waals surface area contributed by atoms with Crippen LogP contribution in [0.2, 0.25) is 5.02 Å². The van der Waals surface area contributed by atoms with Gasteiger partial charge in [-0.2, -0.15) is 0 Å². The second-order valence-electron chi connectivity index (χ2n) is 6.55. The lowest BCUT2D eigenvalue weighted by Gasteiger charge is -2.14. The van der Waals surface area contributed by atoms with Crippen LogP contribution in [-0.2, 0) is 4.79 Å². The number of rotatable bonds is 6. The molecule has 1 amide bonds. The summed E-state index contributed by atoms with van der Waals surface area (Å²) < 4.78 is 2.07. The average molecular weight is 399 g/mol.